The summed E-state index contributed by atoms with van der Waals surface area (Å²) in [7, 11) is -3.74. The first-order valence-electron chi connectivity index (χ1n) is 8.57. The number of hydrogen-bond donors (Lipinski definition) is 2. The Labute approximate surface area is 153 Å². The van der Waals surface area contributed by atoms with E-state index in [1.54, 1.807) is 18.2 Å². The first-order valence-corrected chi connectivity index (χ1v) is 10.0. The molecular weight excluding hydrogens is 358 g/mol. The number of hydrogen-bond acceptors (Lipinski definition) is 5. The molecule has 1 aliphatic rings. The van der Waals surface area contributed by atoms with Crippen molar-refractivity contribution in [2.24, 2.45) is 5.92 Å². The number of nitrogens with one attached hydrogen (secondary N) is 2. The molecular formula is C17H25N3O5S. The summed E-state index contributed by atoms with van der Waals surface area (Å²) in [5, 5.41) is 4.96. The van der Waals surface area contributed by atoms with Crippen LogP contribution in [0.2, 0.25) is 0 Å². The van der Waals surface area contributed by atoms with E-state index in [-0.39, 0.29) is 23.9 Å². The average molecular weight is 383 g/mol. The first kappa shape index (κ1) is 20.3. The molecule has 1 aliphatic heterocycles. The predicted octanol–water partition coefficient (Wildman–Crippen LogP) is 0.312. The van der Waals surface area contributed by atoms with Gasteiger partial charge in [0.2, 0.25) is 10.0 Å². The Hall–Kier alpha value is -1.97. The largest absolute Gasteiger partial charge is 0.360 e. The van der Waals surface area contributed by atoms with Gasteiger partial charge in [0.15, 0.2) is 0 Å². The molecule has 1 atom stereocenters. The third kappa shape index (κ3) is 5.26. The number of carbonyl (C=O) groups excluding carboxylic acids is 2. The van der Waals surface area contributed by atoms with Crippen molar-refractivity contribution in [1.82, 2.24) is 14.9 Å². The number of nitrogens with zero attached hydrogens (tertiary/aromatic N) is 1. The Kier molecular flexibility index (Phi) is 7.13. The molecule has 0 spiro atoms. The van der Waals surface area contributed by atoms with Crippen LogP contribution in [-0.4, -0.2) is 57.0 Å². The lowest BCUT2D eigenvalue weighted by atomic mass is 10.2. The minimum atomic E-state index is -3.74. The Balaban J connectivity index is 2.01. The van der Waals surface area contributed by atoms with Crippen LogP contribution in [0.25, 0.3) is 0 Å². The zero-order valence-electron chi connectivity index (χ0n) is 15.0. The van der Waals surface area contributed by atoms with Gasteiger partial charge in [0.25, 0.3) is 0 Å². The fraction of sp³-hybridized carbons (Fsp3) is 0.529. The summed E-state index contributed by atoms with van der Waals surface area (Å²) in [5.74, 6) is -1.33. The van der Waals surface area contributed by atoms with Crippen LogP contribution in [0.5, 0.6) is 0 Å². The minimum absolute atomic E-state index is 0.0972. The summed E-state index contributed by atoms with van der Waals surface area (Å²) in [6, 6.07) is 8.05. The Morgan fingerprint density at radius 2 is 1.85 bits per heavy atom. The van der Waals surface area contributed by atoms with Gasteiger partial charge in [-0.05, 0) is 24.5 Å². The summed E-state index contributed by atoms with van der Waals surface area (Å²) in [5.41, 5.74) is 0. The lowest BCUT2D eigenvalue weighted by Crippen LogP contribution is -2.53. The fourth-order valence-electron chi connectivity index (χ4n) is 2.47. The molecule has 1 aromatic rings. The van der Waals surface area contributed by atoms with Gasteiger partial charge in [-0.15, -0.1) is 0 Å². The highest BCUT2D eigenvalue weighted by atomic mass is 32.2. The van der Waals surface area contributed by atoms with Gasteiger partial charge in [-0.1, -0.05) is 32.0 Å². The molecule has 9 heteroatoms. The molecule has 26 heavy (non-hydrogen) atoms. The van der Waals surface area contributed by atoms with Gasteiger partial charge >= 0.3 is 11.8 Å². The Morgan fingerprint density at radius 3 is 2.50 bits per heavy atom. The first-order chi connectivity index (χ1) is 12.3. The van der Waals surface area contributed by atoms with E-state index in [2.05, 4.69) is 10.6 Å². The van der Waals surface area contributed by atoms with E-state index < -0.39 is 28.1 Å². The standard InChI is InChI=1S/C17H25N3O5S/c1-13(2)11-18-16(21)17(22)19-12-15-20(9-6-10-25-15)26(23,24)14-7-4-3-5-8-14/h3-5,7-8,13,15H,6,9-12H2,1-2H3,(H,18,21)(H,19,22). The van der Waals surface area contributed by atoms with E-state index in [1.807, 2.05) is 13.8 Å². The van der Waals surface area contributed by atoms with Gasteiger partial charge in [-0.25, -0.2) is 8.42 Å². The molecule has 8 nitrogen and oxygen atoms in total. The van der Waals surface area contributed by atoms with Crippen molar-refractivity contribution >= 4 is 21.8 Å². The quantitative estimate of drug-likeness (QED) is 0.688. The summed E-state index contributed by atoms with van der Waals surface area (Å²) < 4.78 is 32.4. The molecule has 1 heterocycles. The molecule has 144 valence electrons. The van der Waals surface area contributed by atoms with E-state index in [1.165, 1.54) is 16.4 Å². The SMILES string of the molecule is CC(C)CNC(=O)C(=O)NCC1OCCCN1S(=O)(=O)c1ccccc1. The maximum Gasteiger partial charge on any atom is 0.309 e. The number of sulfonamides is 1. The number of benzene rings is 1. The van der Waals surface area contributed by atoms with Crippen LogP contribution < -0.4 is 10.6 Å². The molecule has 1 aromatic carbocycles. The van der Waals surface area contributed by atoms with Crippen molar-refractivity contribution in [2.45, 2.75) is 31.4 Å². The second-order valence-electron chi connectivity index (χ2n) is 6.42. The molecule has 2 rings (SSSR count). The van der Waals surface area contributed by atoms with Crippen molar-refractivity contribution in [3.05, 3.63) is 30.3 Å². The van der Waals surface area contributed by atoms with E-state index in [4.69, 9.17) is 4.74 Å². The normalized spacial score (nSPS) is 18.5. The van der Waals surface area contributed by atoms with Crippen molar-refractivity contribution in [3.63, 3.8) is 0 Å². The maximum absolute atomic E-state index is 12.8. The third-order valence-corrected chi connectivity index (χ3v) is 5.72. The molecule has 0 saturated carbocycles. The molecule has 1 unspecified atom stereocenters. The van der Waals surface area contributed by atoms with Crippen LogP contribution in [0, 0.1) is 5.92 Å². The van der Waals surface area contributed by atoms with Crippen LogP contribution in [0.1, 0.15) is 20.3 Å². The fourth-order valence-corrected chi connectivity index (χ4v) is 4.05. The lowest BCUT2D eigenvalue weighted by molar-refractivity contribution is -0.140. The average Bonchev–Trinajstić information content (AvgIpc) is 2.65. The highest BCUT2D eigenvalue weighted by molar-refractivity contribution is 7.89. The van der Waals surface area contributed by atoms with Crippen LogP contribution in [0.4, 0.5) is 0 Å². The molecule has 2 N–H and O–H groups in total. The molecule has 0 aromatic heterocycles. The maximum atomic E-state index is 12.8. The van der Waals surface area contributed by atoms with Gasteiger partial charge in [-0.2, -0.15) is 4.31 Å². The van der Waals surface area contributed by atoms with Gasteiger partial charge in [-0.3, -0.25) is 9.59 Å². The van der Waals surface area contributed by atoms with Crippen molar-refractivity contribution in [3.8, 4) is 0 Å². The zero-order valence-corrected chi connectivity index (χ0v) is 15.8. The second kappa shape index (κ2) is 9.11. The molecule has 0 radical (unpaired) electrons. The van der Waals surface area contributed by atoms with Crippen molar-refractivity contribution in [1.29, 1.82) is 0 Å². The minimum Gasteiger partial charge on any atom is -0.360 e. The van der Waals surface area contributed by atoms with E-state index in [0.29, 0.717) is 19.6 Å². The summed E-state index contributed by atoms with van der Waals surface area (Å²) in [6.07, 6.45) is -0.290. The molecule has 0 aliphatic carbocycles. The van der Waals surface area contributed by atoms with Gasteiger partial charge in [0.05, 0.1) is 18.0 Å². The third-order valence-electron chi connectivity index (χ3n) is 3.82. The van der Waals surface area contributed by atoms with Gasteiger partial charge < -0.3 is 15.4 Å². The lowest BCUT2D eigenvalue weighted by Gasteiger charge is -2.34. The Morgan fingerprint density at radius 1 is 1.19 bits per heavy atom. The Bertz CT molecular complexity index is 721. The molecule has 1 fully saturated rings. The van der Waals surface area contributed by atoms with Crippen LogP contribution in [-0.2, 0) is 24.3 Å². The molecule has 1 saturated heterocycles. The van der Waals surface area contributed by atoms with Crippen LogP contribution >= 0.6 is 0 Å². The highest BCUT2D eigenvalue weighted by Crippen LogP contribution is 2.21. The smallest absolute Gasteiger partial charge is 0.309 e. The van der Waals surface area contributed by atoms with Crippen LogP contribution in [0.3, 0.4) is 0 Å². The summed E-state index contributed by atoms with van der Waals surface area (Å²) in [4.78, 5) is 23.8. The predicted molar refractivity (Wildman–Crippen MR) is 95.5 cm³/mol. The summed E-state index contributed by atoms with van der Waals surface area (Å²) >= 11 is 0. The number of rotatable bonds is 6. The number of amides is 2. The topological polar surface area (TPSA) is 105 Å². The van der Waals surface area contributed by atoms with Gasteiger partial charge in [0, 0.05) is 13.1 Å². The van der Waals surface area contributed by atoms with Crippen molar-refractivity contribution in [2.75, 3.05) is 26.2 Å². The van der Waals surface area contributed by atoms with E-state index in [9.17, 15) is 18.0 Å². The van der Waals surface area contributed by atoms with E-state index in [0.717, 1.165) is 0 Å². The molecule has 0 bridgehead atoms. The second-order valence-corrected chi connectivity index (χ2v) is 8.31. The number of ether oxygens (including phenoxy) is 1. The molecule has 2 amide bonds. The number of carbonyl (C=O) groups is 2. The zero-order chi connectivity index (χ0) is 19.2. The van der Waals surface area contributed by atoms with E-state index >= 15 is 0 Å². The van der Waals surface area contributed by atoms with Crippen LogP contribution in [0.15, 0.2) is 35.2 Å². The summed E-state index contributed by atoms with van der Waals surface area (Å²) in [6.45, 7) is 4.81. The monoisotopic (exact) mass is 383 g/mol. The van der Waals surface area contributed by atoms with Gasteiger partial charge in [0.1, 0.15) is 6.23 Å². The van der Waals surface area contributed by atoms with Crippen molar-refractivity contribution < 1.29 is 22.7 Å². The highest BCUT2D eigenvalue weighted by Gasteiger charge is 2.34.